The molecular formula is C19H19ClN2O3. The molecule has 0 aromatic heterocycles. The van der Waals surface area contributed by atoms with E-state index in [0.717, 1.165) is 5.57 Å². The van der Waals surface area contributed by atoms with Gasteiger partial charge in [0.2, 0.25) is 0 Å². The molecule has 1 atom stereocenters. The van der Waals surface area contributed by atoms with E-state index >= 15 is 0 Å². The molecule has 1 aliphatic carbocycles. The molecule has 5 nitrogen and oxygen atoms in total. The van der Waals surface area contributed by atoms with Crippen LogP contribution in [0.25, 0.3) is 0 Å². The lowest BCUT2D eigenvalue weighted by Crippen LogP contribution is -2.19. The topological polar surface area (TPSA) is 70.0 Å². The molecule has 0 amide bonds. The van der Waals surface area contributed by atoms with Crippen LogP contribution in [0.2, 0.25) is 0 Å². The van der Waals surface area contributed by atoms with Gasteiger partial charge >= 0.3 is 5.97 Å². The number of hydrogen-bond donors (Lipinski definition) is 1. The van der Waals surface area contributed by atoms with Crippen LogP contribution in [0.15, 0.2) is 64.3 Å². The highest BCUT2D eigenvalue weighted by Crippen LogP contribution is 2.29. The van der Waals surface area contributed by atoms with Crippen LogP contribution < -0.4 is 5.01 Å². The summed E-state index contributed by atoms with van der Waals surface area (Å²) in [5, 5.41) is 15.6. The lowest BCUT2D eigenvalue weighted by atomic mass is 9.90. The van der Waals surface area contributed by atoms with Crippen LogP contribution in [0, 0.1) is 5.92 Å². The number of aldehydes is 1. The third-order valence-electron chi connectivity index (χ3n) is 3.86. The third kappa shape index (κ3) is 4.45. The number of benzene rings is 1. The predicted octanol–water partition coefficient (Wildman–Crippen LogP) is 4.02. The van der Waals surface area contributed by atoms with Crippen molar-refractivity contribution in [3.05, 3.63) is 64.7 Å². The fourth-order valence-corrected chi connectivity index (χ4v) is 2.69. The van der Waals surface area contributed by atoms with Crippen LogP contribution >= 0.6 is 11.6 Å². The van der Waals surface area contributed by atoms with Crippen molar-refractivity contribution in [2.45, 2.75) is 13.3 Å². The molecule has 1 aromatic rings. The molecule has 1 N–H and O–H groups in total. The Morgan fingerprint density at radius 1 is 1.40 bits per heavy atom. The molecule has 2 rings (SSSR count). The minimum atomic E-state index is -0.993. The molecule has 6 heteroatoms. The molecule has 25 heavy (non-hydrogen) atoms. The van der Waals surface area contributed by atoms with Gasteiger partial charge in [0.05, 0.1) is 17.0 Å². The second-order valence-electron chi connectivity index (χ2n) is 5.83. The van der Waals surface area contributed by atoms with Crippen LogP contribution in [0.3, 0.4) is 0 Å². The van der Waals surface area contributed by atoms with Crippen LogP contribution in [0.4, 0.5) is 5.69 Å². The van der Waals surface area contributed by atoms with Crippen LogP contribution in [0.5, 0.6) is 0 Å². The van der Waals surface area contributed by atoms with Crippen molar-refractivity contribution in [3.63, 3.8) is 0 Å². The second kappa shape index (κ2) is 7.94. The Morgan fingerprint density at radius 3 is 2.60 bits per heavy atom. The number of carboxylic acid groups (broad SMARTS) is 1. The van der Waals surface area contributed by atoms with Crippen molar-refractivity contribution in [2.24, 2.45) is 11.0 Å². The van der Waals surface area contributed by atoms with E-state index in [9.17, 15) is 9.59 Å². The minimum Gasteiger partial charge on any atom is -0.478 e. The fourth-order valence-electron chi connectivity index (χ4n) is 2.45. The van der Waals surface area contributed by atoms with Gasteiger partial charge in [0.25, 0.3) is 0 Å². The maximum Gasteiger partial charge on any atom is 0.335 e. The molecule has 0 aliphatic heterocycles. The lowest BCUT2D eigenvalue weighted by molar-refractivity contribution is -0.104. The zero-order valence-electron chi connectivity index (χ0n) is 14.1. The summed E-state index contributed by atoms with van der Waals surface area (Å²) < 4.78 is 0. The van der Waals surface area contributed by atoms with Gasteiger partial charge in [-0.1, -0.05) is 31.2 Å². The SMILES string of the molecule is C=C(C=O)/C(=N\N(C)c1ccc(C(=O)O)cc1)C1=C(Cl)C=CC(C)C1. The summed E-state index contributed by atoms with van der Waals surface area (Å²) in [7, 11) is 1.71. The monoisotopic (exact) mass is 358 g/mol. The van der Waals surface area contributed by atoms with Crippen molar-refractivity contribution in [3.8, 4) is 0 Å². The number of anilines is 1. The number of hydrogen-bond acceptors (Lipinski definition) is 4. The van der Waals surface area contributed by atoms with E-state index < -0.39 is 5.97 Å². The zero-order valence-corrected chi connectivity index (χ0v) is 14.8. The third-order valence-corrected chi connectivity index (χ3v) is 4.21. The largest absolute Gasteiger partial charge is 0.478 e. The van der Waals surface area contributed by atoms with Crippen LogP contribution in [0.1, 0.15) is 23.7 Å². The van der Waals surface area contributed by atoms with Crippen molar-refractivity contribution < 1.29 is 14.7 Å². The van der Waals surface area contributed by atoms with Crippen molar-refractivity contribution in [1.29, 1.82) is 0 Å². The summed E-state index contributed by atoms with van der Waals surface area (Å²) in [6.45, 7) is 5.82. The van der Waals surface area contributed by atoms with E-state index in [-0.39, 0.29) is 17.1 Å². The first-order valence-corrected chi connectivity index (χ1v) is 8.08. The Kier molecular flexibility index (Phi) is 5.93. The maximum absolute atomic E-state index is 11.3. The van der Waals surface area contributed by atoms with Crippen molar-refractivity contribution in [1.82, 2.24) is 0 Å². The number of nitrogens with zero attached hydrogens (tertiary/aromatic N) is 2. The number of carbonyl (C=O) groups excluding carboxylic acids is 1. The first-order valence-electron chi connectivity index (χ1n) is 7.70. The van der Waals surface area contributed by atoms with Gasteiger partial charge in [-0.15, -0.1) is 0 Å². The number of carboxylic acids is 1. The summed E-state index contributed by atoms with van der Waals surface area (Å²) in [4.78, 5) is 22.2. The molecule has 130 valence electrons. The molecule has 0 radical (unpaired) electrons. The Bertz CT molecular complexity index is 791. The van der Waals surface area contributed by atoms with Gasteiger partial charge < -0.3 is 5.11 Å². The van der Waals surface area contributed by atoms with E-state index in [2.05, 4.69) is 18.6 Å². The van der Waals surface area contributed by atoms with E-state index in [1.165, 1.54) is 12.1 Å². The summed E-state index contributed by atoms with van der Waals surface area (Å²) in [5.74, 6) is -0.713. The number of allylic oxidation sites excluding steroid dienone is 5. The number of halogens is 1. The van der Waals surface area contributed by atoms with E-state index in [0.29, 0.717) is 29.1 Å². The first kappa shape index (κ1) is 18.7. The maximum atomic E-state index is 11.3. The van der Waals surface area contributed by atoms with E-state index in [4.69, 9.17) is 16.7 Å². The van der Waals surface area contributed by atoms with Crippen LogP contribution in [-0.4, -0.2) is 30.1 Å². The number of hydrazone groups is 1. The number of carbonyl (C=O) groups is 2. The van der Waals surface area contributed by atoms with Crippen molar-refractivity contribution in [2.75, 3.05) is 12.1 Å². The molecule has 1 unspecified atom stereocenters. The normalized spacial score (nSPS) is 17.4. The Hall–Kier alpha value is -2.66. The van der Waals surface area contributed by atoms with E-state index in [1.807, 2.05) is 6.08 Å². The molecule has 0 heterocycles. The first-order chi connectivity index (χ1) is 11.8. The molecule has 0 spiro atoms. The van der Waals surface area contributed by atoms with Gasteiger partial charge in [-0.25, -0.2) is 4.79 Å². The summed E-state index contributed by atoms with van der Waals surface area (Å²) >= 11 is 6.30. The van der Waals surface area contributed by atoms with Crippen LogP contribution in [-0.2, 0) is 4.79 Å². The van der Waals surface area contributed by atoms with Gasteiger partial charge in [-0.05, 0) is 48.3 Å². The fraction of sp³-hybridized carbons (Fsp3) is 0.211. The summed E-state index contributed by atoms with van der Waals surface area (Å²) in [6.07, 6.45) is 5.12. The molecule has 0 saturated heterocycles. The van der Waals surface area contributed by atoms with Gasteiger partial charge in [0.1, 0.15) is 0 Å². The molecule has 1 aromatic carbocycles. The number of rotatable bonds is 6. The summed E-state index contributed by atoms with van der Waals surface area (Å²) in [6, 6.07) is 6.28. The molecule has 0 bridgehead atoms. The number of aromatic carboxylic acids is 1. The second-order valence-corrected chi connectivity index (χ2v) is 6.24. The standard InChI is InChI=1S/C19H19ClN2O3/c1-12-4-9-17(20)16(10-12)18(13(2)11-23)21-22(3)15-7-5-14(6-8-15)19(24)25/h4-9,11-12H,2,10H2,1,3H3,(H,24,25)/b21-18+. The minimum absolute atomic E-state index is 0.190. The van der Waals surface area contributed by atoms with Gasteiger partial charge in [0, 0.05) is 17.7 Å². The molecule has 0 saturated carbocycles. The summed E-state index contributed by atoms with van der Waals surface area (Å²) in [5.41, 5.74) is 2.31. The average molecular weight is 359 g/mol. The highest BCUT2D eigenvalue weighted by atomic mass is 35.5. The predicted molar refractivity (Wildman–Crippen MR) is 100 cm³/mol. The Balaban J connectivity index is 2.40. The zero-order chi connectivity index (χ0) is 18.6. The van der Waals surface area contributed by atoms with Gasteiger partial charge in [-0.3, -0.25) is 9.80 Å². The Morgan fingerprint density at radius 2 is 2.04 bits per heavy atom. The van der Waals surface area contributed by atoms with Gasteiger partial charge in [0.15, 0.2) is 6.29 Å². The van der Waals surface area contributed by atoms with Gasteiger partial charge in [-0.2, -0.15) is 5.10 Å². The molecule has 1 aliphatic rings. The van der Waals surface area contributed by atoms with E-state index in [1.54, 1.807) is 30.3 Å². The average Bonchev–Trinajstić information content (AvgIpc) is 2.61. The van der Waals surface area contributed by atoms with Crippen molar-refractivity contribution >= 4 is 35.3 Å². The quantitative estimate of drug-likeness (QED) is 0.361. The highest BCUT2D eigenvalue weighted by Gasteiger charge is 2.20. The Labute approximate surface area is 151 Å². The lowest BCUT2D eigenvalue weighted by Gasteiger charge is -2.21. The molecular weight excluding hydrogens is 340 g/mol. The smallest absolute Gasteiger partial charge is 0.335 e. The highest BCUT2D eigenvalue weighted by molar-refractivity contribution is 6.36. The molecule has 0 fully saturated rings.